The van der Waals surface area contributed by atoms with Gasteiger partial charge in [-0.1, -0.05) is 13.8 Å². The maximum atomic E-state index is 10.1. The van der Waals surface area contributed by atoms with Crippen LogP contribution in [-0.4, -0.2) is 47.2 Å². The van der Waals surface area contributed by atoms with Crippen molar-refractivity contribution in [1.29, 1.82) is 0 Å². The fourth-order valence-corrected chi connectivity index (χ4v) is 2.79. The van der Waals surface area contributed by atoms with E-state index in [9.17, 15) is 5.11 Å². The fourth-order valence-electron chi connectivity index (χ4n) is 2.79. The third-order valence-electron chi connectivity index (χ3n) is 4.10. The molecule has 2 rings (SSSR count). The van der Waals surface area contributed by atoms with Crippen molar-refractivity contribution >= 4 is 0 Å². The maximum Gasteiger partial charge on any atom is 0.0915 e. The average molecular weight is 263 g/mol. The molecular formula is C15H25N3O. The lowest BCUT2D eigenvalue weighted by Gasteiger charge is -2.37. The topological polar surface area (TPSA) is 48.4 Å². The Kier molecular flexibility index (Phi) is 5.31. The van der Waals surface area contributed by atoms with Gasteiger partial charge in [0.15, 0.2) is 0 Å². The standard InChI is InChI=1S/C15H25N3O/c1-3-18-9-6-14(12(2)11-18)17-10-15(19)13-4-7-16-8-5-13/h4-5,7-8,12,14-15,17,19H,3,6,9-11H2,1-2H3. The van der Waals surface area contributed by atoms with E-state index >= 15 is 0 Å². The molecule has 0 aromatic carbocycles. The molecule has 2 heterocycles. The summed E-state index contributed by atoms with van der Waals surface area (Å²) in [6, 6.07) is 4.25. The molecule has 1 aliphatic heterocycles. The van der Waals surface area contributed by atoms with Crippen molar-refractivity contribution in [3.05, 3.63) is 30.1 Å². The van der Waals surface area contributed by atoms with E-state index in [2.05, 4.69) is 29.0 Å². The molecule has 106 valence electrons. The van der Waals surface area contributed by atoms with E-state index in [-0.39, 0.29) is 0 Å². The molecule has 0 saturated carbocycles. The highest BCUT2D eigenvalue weighted by atomic mass is 16.3. The van der Waals surface area contributed by atoms with Gasteiger partial charge in [0.25, 0.3) is 0 Å². The Morgan fingerprint density at radius 3 is 2.84 bits per heavy atom. The number of aromatic nitrogens is 1. The number of nitrogens with one attached hydrogen (secondary N) is 1. The molecule has 1 aromatic rings. The Balaban J connectivity index is 1.79. The van der Waals surface area contributed by atoms with Gasteiger partial charge in [0.1, 0.15) is 0 Å². The lowest BCUT2D eigenvalue weighted by atomic mass is 9.93. The molecule has 0 bridgehead atoms. The average Bonchev–Trinajstić information content (AvgIpc) is 2.46. The van der Waals surface area contributed by atoms with Gasteiger partial charge in [-0.2, -0.15) is 0 Å². The second kappa shape index (κ2) is 6.98. The normalized spacial score (nSPS) is 26.3. The Bertz CT molecular complexity index is 371. The minimum atomic E-state index is -0.445. The molecule has 1 saturated heterocycles. The summed E-state index contributed by atoms with van der Waals surface area (Å²) in [5.74, 6) is 0.637. The van der Waals surface area contributed by atoms with Crippen LogP contribution in [0.2, 0.25) is 0 Å². The van der Waals surface area contributed by atoms with Crippen LogP contribution in [0.4, 0.5) is 0 Å². The van der Waals surface area contributed by atoms with Gasteiger partial charge in [0, 0.05) is 31.5 Å². The van der Waals surface area contributed by atoms with Crippen molar-refractivity contribution in [2.75, 3.05) is 26.2 Å². The number of hydrogen-bond donors (Lipinski definition) is 2. The molecule has 0 radical (unpaired) electrons. The summed E-state index contributed by atoms with van der Waals surface area (Å²) in [4.78, 5) is 6.46. The first-order valence-electron chi connectivity index (χ1n) is 7.24. The third-order valence-corrected chi connectivity index (χ3v) is 4.10. The molecule has 1 aliphatic rings. The molecule has 4 nitrogen and oxygen atoms in total. The van der Waals surface area contributed by atoms with E-state index in [1.54, 1.807) is 12.4 Å². The molecule has 0 aliphatic carbocycles. The first-order valence-corrected chi connectivity index (χ1v) is 7.24. The van der Waals surface area contributed by atoms with E-state index in [1.165, 1.54) is 0 Å². The van der Waals surface area contributed by atoms with Crippen LogP contribution in [0.15, 0.2) is 24.5 Å². The van der Waals surface area contributed by atoms with E-state index < -0.39 is 6.10 Å². The number of rotatable bonds is 5. The third kappa shape index (κ3) is 4.00. The lowest BCUT2D eigenvalue weighted by Crippen LogP contribution is -2.49. The molecule has 1 fully saturated rings. The largest absolute Gasteiger partial charge is 0.387 e. The highest BCUT2D eigenvalue weighted by Gasteiger charge is 2.25. The highest BCUT2D eigenvalue weighted by Crippen LogP contribution is 2.18. The van der Waals surface area contributed by atoms with E-state index in [0.29, 0.717) is 18.5 Å². The smallest absolute Gasteiger partial charge is 0.0915 e. The van der Waals surface area contributed by atoms with Gasteiger partial charge in [0.2, 0.25) is 0 Å². The molecule has 4 heteroatoms. The van der Waals surface area contributed by atoms with Crippen molar-refractivity contribution in [2.45, 2.75) is 32.4 Å². The van der Waals surface area contributed by atoms with Crippen molar-refractivity contribution in [1.82, 2.24) is 15.2 Å². The number of pyridine rings is 1. The molecule has 0 spiro atoms. The van der Waals surface area contributed by atoms with E-state index in [0.717, 1.165) is 31.6 Å². The Morgan fingerprint density at radius 1 is 1.47 bits per heavy atom. The molecule has 0 amide bonds. The zero-order chi connectivity index (χ0) is 13.7. The first kappa shape index (κ1) is 14.4. The molecule has 1 aromatic heterocycles. The molecule has 19 heavy (non-hydrogen) atoms. The summed E-state index contributed by atoms with van der Waals surface area (Å²) in [7, 11) is 0. The molecule has 3 atom stereocenters. The summed E-state index contributed by atoms with van der Waals surface area (Å²) in [5.41, 5.74) is 0.932. The number of piperidine rings is 1. The minimum Gasteiger partial charge on any atom is -0.387 e. The highest BCUT2D eigenvalue weighted by molar-refractivity contribution is 5.13. The molecular weight excluding hydrogens is 238 g/mol. The van der Waals surface area contributed by atoms with Gasteiger partial charge in [-0.25, -0.2) is 0 Å². The van der Waals surface area contributed by atoms with Crippen LogP contribution >= 0.6 is 0 Å². The van der Waals surface area contributed by atoms with Gasteiger partial charge >= 0.3 is 0 Å². The summed E-state index contributed by atoms with van der Waals surface area (Å²) in [5, 5.41) is 13.7. The van der Waals surface area contributed by atoms with Crippen molar-refractivity contribution in [3.63, 3.8) is 0 Å². The SMILES string of the molecule is CCN1CCC(NCC(O)c2ccncc2)C(C)C1. The minimum absolute atomic E-state index is 0.445. The predicted molar refractivity (Wildman–Crippen MR) is 76.9 cm³/mol. The van der Waals surface area contributed by atoms with Crippen LogP contribution in [0.25, 0.3) is 0 Å². The summed E-state index contributed by atoms with van der Waals surface area (Å²) < 4.78 is 0. The van der Waals surface area contributed by atoms with Crippen LogP contribution < -0.4 is 5.32 Å². The molecule has 3 unspecified atom stereocenters. The second-order valence-electron chi connectivity index (χ2n) is 5.47. The Morgan fingerprint density at radius 2 is 2.21 bits per heavy atom. The summed E-state index contributed by atoms with van der Waals surface area (Å²) >= 11 is 0. The van der Waals surface area contributed by atoms with Crippen LogP contribution in [0.1, 0.15) is 31.9 Å². The number of hydrogen-bond acceptors (Lipinski definition) is 4. The van der Waals surface area contributed by atoms with Crippen molar-refractivity contribution in [2.24, 2.45) is 5.92 Å². The van der Waals surface area contributed by atoms with Gasteiger partial charge < -0.3 is 15.3 Å². The quantitative estimate of drug-likeness (QED) is 0.844. The zero-order valence-corrected chi connectivity index (χ0v) is 11.9. The van der Waals surface area contributed by atoms with Gasteiger partial charge in [0.05, 0.1) is 6.10 Å². The lowest BCUT2D eigenvalue weighted by molar-refractivity contribution is 0.127. The number of aliphatic hydroxyl groups is 1. The van der Waals surface area contributed by atoms with Crippen LogP contribution in [0.3, 0.4) is 0 Å². The van der Waals surface area contributed by atoms with Crippen molar-refractivity contribution in [3.8, 4) is 0 Å². The van der Waals surface area contributed by atoms with Gasteiger partial charge in [-0.05, 0) is 43.1 Å². The van der Waals surface area contributed by atoms with Crippen LogP contribution in [-0.2, 0) is 0 Å². The summed E-state index contributed by atoms with van der Waals surface area (Å²) in [6.45, 7) is 8.57. The Labute approximate surface area is 115 Å². The van der Waals surface area contributed by atoms with Crippen LogP contribution in [0, 0.1) is 5.92 Å². The number of nitrogens with zero attached hydrogens (tertiary/aromatic N) is 2. The van der Waals surface area contributed by atoms with Crippen molar-refractivity contribution < 1.29 is 5.11 Å². The maximum absolute atomic E-state index is 10.1. The molecule has 2 N–H and O–H groups in total. The Hall–Kier alpha value is -0.970. The van der Waals surface area contributed by atoms with Gasteiger partial charge in [-0.3, -0.25) is 4.98 Å². The van der Waals surface area contributed by atoms with E-state index in [4.69, 9.17) is 0 Å². The van der Waals surface area contributed by atoms with E-state index in [1.807, 2.05) is 12.1 Å². The van der Waals surface area contributed by atoms with Crippen LogP contribution in [0.5, 0.6) is 0 Å². The zero-order valence-electron chi connectivity index (χ0n) is 11.9. The fraction of sp³-hybridized carbons (Fsp3) is 0.667. The predicted octanol–water partition coefficient (Wildman–Crippen LogP) is 1.43. The summed E-state index contributed by atoms with van der Waals surface area (Å²) in [6.07, 6.45) is 4.17. The number of likely N-dealkylation sites (tertiary alicyclic amines) is 1. The van der Waals surface area contributed by atoms with Gasteiger partial charge in [-0.15, -0.1) is 0 Å². The second-order valence-corrected chi connectivity index (χ2v) is 5.47. The monoisotopic (exact) mass is 263 g/mol. The first-order chi connectivity index (χ1) is 9.20. The number of aliphatic hydroxyl groups excluding tert-OH is 1.